The molecule has 1 heterocycles. The van der Waals surface area contributed by atoms with Crippen molar-refractivity contribution in [1.29, 1.82) is 0 Å². The summed E-state index contributed by atoms with van der Waals surface area (Å²) >= 11 is 0. The maximum absolute atomic E-state index is 11.4. The number of hydrogen-bond acceptors (Lipinski definition) is 2. The molecule has 70 valence electrons. The lowest BCUT2D eigenvalue weighted by Gasteiger charge is -2.14. The molecule has 0 aliphatic carbocycles. The highest BCUT2D eigenvalue weighted by Gasteiger charge is 2.16. The van der Waals surface area contributed by atoms with Crippen molar-refractivity contribution < 1.29 is 9.53 Å². The summed E-state index contributed by atoms with van der Waals surface area (Å²) in [5.41, 5.74) is 0. The summed E-state index contributed by atoms with van der Waals surface area (Å²) in [5.74, 6) is 0.296. The number of hydrogen-bond donors (Lipinski definition) is 0. The van der Waals surface area contributed by atoms with E-state index in [-0.39, 0.29) is 0 Å². The molecular formula is C9H17NO2. The van der Waals surface area contributed by atoms with E-state index in [1.807, 2.05) is 4.90 Å². The molecule has 0 unspecified atom stereocenters. The van der Waals surface area contributed by atoms with Crippen molar-refractivity contribution in [2.75, 3.05) is 26.8 Å². The van der Waals surface area contributed by atoms with Crippen LogP contribution in [0.3, 0.4) is 0 Å². The summed E-state index contributed by atoms with van der Waals surface area (Å²) in [5, 5.41) is 0. The molecule has 12 heavy (non-hydrogen) atoms. The third-order valence-corrected chi connectivity index (χ3v) is 2.20. The van der Waals surface area contributed by atoms with Gasteiger partial charge in [0, 0.05) is 33.2 Å². The summed E-state index contributed by atoms with van der Waals surface area (Å²) in [6.07, 6.45) is 3.85. The van der Waals surface area contributed by atoms with Crippen LogP contribution in [0.1, 0.15) is 25.7 Å². The van der Waals surface area contributed by atoms with Crippen LogP contribution in [-0.4, -0.2) is 37.6 Å². The minimum Gasteiger partial charge on any atom is -0.385 e. The fourth-order valence-corrected chi connectivity index (χ4v) is 1.49. The molecule has 0 atom stereocenters. The second-order valence-corrected chi connectivity index (χ2v) is 3.18. The monoisotopic (exact) mass is 171 g/mol. The van der Waals surface area contributed by atoms with Gasteiger partial charge in [-0.3, -0.25) is 4.79 Å². The molecule has 0 aromatic carbocycles. The van der Waals surface area contributed by atoms with Gasteiger partial charge in [-0.1, -0.05) is 0 Å². The second-order valence-electron chi connectivity index (χ2n) is 3.18. The zero-order valence-electron chi connectivity index (χ0n) is 7.71. The fraction of sp³-hybridized carbons (Fsp3) is 0.889. The number of amides is 1. The normalized spacial score (nSPS) is 16.9. The Bertz CT molecular complexity index is 141. The van der Waals surface area contributed by atoms with Crippen molar-refractivity contribution >= 4 is 5.91 Å². The topological polar surface area (TPSA) is 29.5 Å². The SMILES string of the molecule is COCCCC(=O)N1CCCC1. The molecule has 0 aromatic heterocycles. The molecule has 0 bridgehead atoms. The number of methoxy groups -OCH3 is 1. The van der Waals surface area contributed by atoms with E-state index in [0.717, 1.165) is 19.5 Å². The molecule has 0 radical (unpaired) electrons. The Morgan fingerprint density at radius 2 is 2.08 bits per heavy atom. The highest BCUT2D eigenvalue weighted by molar-refractivity contribution is 5.76. The van der Waals surface area contributed by atoms with E-state index in [9.17, 15) is 4.79 Å². The lowest BCUT2D eigenvalue weighted by molar-refractivity contribution is -0.130. The third kappa shape index (κ3) is 2.81. The van der Waals surface area contributed by atoms with Crippen molar-refractivity contribution in [3.63, 3.8) is 0 Å². The van der Waals surface area contributed by atoms with Crippen LogP contribution in [0.5, 0.6) is 0 Å². The van der Waals surface area contributed by atoms with Crippen molar-refractivity contribution in [3.8, 4) is 0 Å². The van der Waals surface area contributed by atoms with E-state index in [1.165, 1.54) is 12.8 Å². The molecule has 1 aliphatic heterocycles. The summed E-state index contributed by atoms with van der Waals surface area (Å²) in [4.78, 5) is 13.3. The van der Waals surface area contributed by atoms with Crippen LogP contribution in [0, 0.1) is 0 Å². The van der Waals surface area contributed by atoms with Gasteiger partial charge in [-0.15, -0.1) is 0 Å². The Morgan fingerprint density at radius 1 is 1.42 bits per heavy atom. The maximum atomic E-state index is 11.4. The largest absolute Gasteiger partial charge is 0.385 e. The molecule has 3 heteroatoms. The van der Waals surface area contributed by atoms with Gasteiger partial charge in [0.1, 0.15) is 0 Å². The fourth-order valence-electron chi connectivity index (χ4n) is 1.49. The van der Waals surface area contributed by atoms with E-state index < -0.39 is 0 Å². The lowest BCUT2D eigenvalue weighted by atomic mass is 10.3. The lowest BCUT2D eigenvalue weighted by Crippen LogP contribution is -2.27. The smallest absolute Gasteiger partial charge is 0.222 e. The Hall–Kier alpha value is -0.570. The molecule has 1 fully saturated rings. The molecule has 0 N–H and O–H groups in total. The van der Waals surface area contributed by atoms with Gasteiger partial charge in [0.2, 0.25) is 5.91 Å². The van der Waals surface area contributed by atoms with Crippen LogP contribution >= 0.6 is 0 Å². The van der Waals surface area contributed by atoms with E-state index in [2.05, 4.69) is 0 Å². The summed E-state index contributed by atoms with van der Waals surface area (Å²) in [7, 11) is 1.67. The second kappa shape index (κ2) is 5.14. The number of nitrogens with zero attached hydrogens (tertiary/aromatic N) is 1. The van der Waals surface area contributed by atoms with Gasteiger partial charge in [0.15, 0.2) is 0 Å². The molecule has 1 aliphatic rings. The molecule has 0 spiro atoms. The predicted molar refractivity (Wildman–Crippen MR) is 46.9 cm³/mol. The molecule has 0 saturated carbocycles. The standard InChI is InChI=1S/C9H17NO2/c1-12-8-4-5-9(11)10-6-2-3-7-10/h2-8H2,1H3. The summed E-state index contributed by atoms with van der Waals surface area (Å²) in [6.45, 7) is 2.62. The molecular weight excluding hydrogens is 154 g/mol. The van der Waals surface area contributed by atoms with E-state index in [0.29, 0.717) is 18.9 Å². The molecule has 1 saturated heterocycles. The quantitative estimate of drug-likeness (QED) is 0.591. The van der Waals surface area contributed by atoms with Crippen LogP contribution in [0.15, 0.2) is 0 Å². The van der Waals surface area contributed by atoms with E-state index >= 15 is 0 Å². The van der Waals surface area contributed by atoms with Gasteiger partial charge < -0.3 is 9.64 Å². The minimum absolute atomic E-state index is 0.296. The predicted octanol–water partition coefficient (Wildman–Crippen LogP) is 1.04. The van der Waals surface area contributed by atoms with Crippen LogP contribution in [0.25, 0.3) is 0 Å². The van der Waals surface area contributed by atoms with Gasteiger partial charge >= 0.3 is 0 Å². The zero-order valence-corrected chi connectivity index (χ0v) is 7.71. The van der Waals surface area contributed by atoms with Gasteiger partial charge in [0.05, 0.1) is 0 Å². The van der Waals surface area contributed by atoms with Gasteiger partial charge in [-0.2, -0.15) is 0 Å². The Labute approximate surface area is 73.7 Å². The van der Waals surface area contributed by atoms with E-state index in [4.69, 9.17) is 4.74 Å². The van der Waals surface area contributed by atoms with Crippen LogP contribution in [0.2, 0.25) is 0 Å². The first kappa shape index (κ1) is 9.52. The zero-order chi connectivity index (χ0) is 8.81. The van der Waals surface area contributed by atoms with Crippen LogP contribution in [-0.2, 0) is 9.53 Å². The Balaban J connectivity index is 2.10. The number of carbonyl (C=O) groups is 1. The number of carbonyl (C=O) groups excluding carboxylic acids is 1. The van der Waals surface area contributed by atoms with Crippen molar-refractivity contribution in [2.24, 2.45) is 0 Å². The van der Waals surface area contributed by atoms with Crippen LogP contribution in [0.4, 0.5) is 0 Å². The third-order valence-electron chi connectivity index (χ3n) is 2.20. The molecule has 0 aromatic rings. The molecule has 3 nitrogen and oxygen atoms in total. The Morgan fingerprint density at radius 3 is 2.67 bits per heavy atom. The number of likely N-dealkylation sites (tertiary alicyclic amines) is 1. The number of rotatable bonds is 4. The first-order valence-electron chi connectivity index (χ1n) is 4.61. The highest BCUT2D eigenvalue weighted by Crippen LogP contribution is 2.09. The van der Waals surface area contributed by atoms with Gasteiger partial charge in [-0.05, 0) is 19.3 Å². The molecule has 1 rings (SSSR count). The van der Waals surface area contributed by atoms with Crippen LogP contribution < -0.4 is 0 Å². The Kier molecular flexibility index (Phi) is 4.08. The highest BCUT2D eigenvalue weighted by atomic mass is 16.5. The summed E-state index contributed by atoms with van der Waals surface area (Å²) < 4.78 is 4.88. The average Bonchev–Trinajstić information content (AvgIpc) is 2.56. The van der Waals surface area contributed by atoms with Crippen molar-refractivity contribution in [1.82, 2.24) is 4.90 Å². The van der Waals surface area contributed by atoms with Gasteiger partial charge in [-0.25, -0.2) is 0 Å². The first-order chi connectivity index (χ1) is 5.84. The summed E-state index contributed by atoms with van der Waals surface area (Å²) in [6, 6.07) is 0. The minimum atomic E-state index is 0.296. The van der Waals surface area contributed by atoms with Gasteiger partial charge in [0.25, 0.3) is 0 Å². The van der Waals surface area contributed by atoms with Crippen molar-refractivity contribution in [3.05, 3.63) is 0 Å². The maximum Gasteiger partial charge on any atom is 0.222 e. The number of ether oxygens (including phenoxy) is 1. The van der Waals surface area contributed by atoms with E-state index in [1.54, 1.807) is 7.11 Å². The average molecular weight is 171 g/mol. The first-order valence-corrected chi connectivity index (χ1v) is 4.61. The molecule has 1 amide bonds. The van der Waals surface area contributed by atoms with Crippen molar-refractivity contribution in [2.45, 2.75) is 25.7 Å².